The second-order valence-corrected chi connectivity index (χ2v) is 3.57. The molecular weight excluding hydrogens is 212 g/mol. The van der Waals surface area contributed by atoms with Crippen LogP contribution in [0.3, 0.4) is 0 Å². The minimum atomic E-state index is -0.863. The van der Waals surface area contributed by atoms with Gasteiger partial charge in [-0.25, -0.2) is 0 Å². The van der Waals surface area contributed by atoms with E-state index in [0.29, 0.717) is 12.1 Å². The number of nitrogens with one attached hydrogen (secondary N) is 1. The van der Waals surface area contributed by atoms with Crippen LogP contribution in [0.2, 0.25) is 0 Å². The van der Waals surface area contributed by atoms with E-state index in [1.807, 2.05) is 0 Å². The second-order valence-electron chi connectivity index (χ2n) is 3.57. The Bertz CT molecular complexity index is 348. The molecule has 1 heterocycles. The van der Waals surface area contributed by atoms with E-state index < -0.39 is 5.97 Å². The Balaban J connectivity index is 2.25. The van der Waals surface area contributed by atoms with E-state index >= 15 is 0 Å². The minimum absolute atomic E-state index is 0.0470. The van der Waals surface area contributed by atoms with Crippen LogP contribution in [-0.2, 0) is 16.0 Å². The first-order valence-corrected chi connectivity index (χ1v) is 4.98. The molecule has 0 aliphatic rings. The van der Waals surface area contributed by atoms with E-state index in [9.17, 15) is 9.59 Å². The Morgan fingerprint density at radius 2 is 2.38 bits per heavy atom. The summed E-state index contributed by atoms with van der Waals surface area (Å²) in [4.78, 5) is 21.7. The van der Waals surface area contributed by atoms with Crippen LogP contribution in [-0.4, -0.2) is 28.2 Å². The maximum atomic E-state index is 11.4. The number of carboxylic acids is 1. The van der Waals surface area contributed by atoms with Gasteiger partial charge in [0.2, 0.25) is 5.91 Å². The SMILES string of the molecule is CC(CCC(=O)O)NC(=O)Cc1ccon1. The van der Waals surface area contributed by atoms with E-state index in [4.69, 9.17) is 5.11 Å². The van der Waals surface area contributed by atoms with Gasteiger partial charge >= 0.3 is 5.97 Å². The average molecular weight is 226 g/mol. The highest BCUT2D eigenvalue weighted by atomic mass is 16.5. The molecule has 0 aliphatic carbocycles. The summed E-state index contributed by atoms with van der Waals surface area (Å²) in [5, 5.41) is 14.8. The summed E-state index contributed by atoms with van der Waals surface area (Å²) >= 11 is 0. The molecule has 2 N–H and O–H groups in total. The normalized spacial score (nSPS) is 12.1. The Hall–Kier alpha value is -1.85. The predicted molar refractivity (Wildman–Crippen MR) is 54.7 cm³/mol. The second kappa shape index (κ2) is 5.89. The van der Waals surface area contributed by atoms with Gasteiger partial charge in [-0.1, -0.05) is 5.16 Å². The van der Waals surface area contributed by atoms with Gasteiger partial charge in [0.1, 0.15) is 6.26 Å². The smallest absolute Gasteiger partial charge is 0.303 e. The zero-order valence-electron chi connectivity index (χ0n) is 8.97. The summed E-state index contributed by atoms with van der Waals surface area (Å²) in [6.45, 7) is 1.77. The van der Waals surface area contributed by atoms with Crippen molar-refractivity contribution in [2.75, 3.05) is 0 Å². The zero-order valence-corrected chi connectivity index (χ0v) is 8.97. The fourth-order valence-electron chi connectivity index (χ4n) is 1.23. The van der Waals surface area contributed by atoms with Crippen molar-refractivity contribution in [3.05, 3.63) is 18.0 Å². The number of carbonyl (C=O) groups excluding carboxylic acids is 1. The molecule has 0 aliphatic heterocycles. The maximum Gasteiger partial charge on any atom is 0.303 e. The third-order valence-electron chi connectivity index (χ3n) is 2.03. The highest BCUT2D eigenvalue weighted by Gasteiger charge is 2.10. The van der Waals surface area contributed by atoms with Gasteiger partial charge < -0.3 is 14.9 Å². The predicted octanol–water partition coefficient (Wildman–Crippen LogP) is 0.587. The lowest BCUT2D eigenvalue weighted by Gasteiger charge is -2.11. The lowest BCUT2D eigenvalue weighted by atomic mass is 10.2. The molecule has 16 heavy (non-hydrogen) atoms. The molecule has 0 radical (unpaired) electrons. The molecule has 0 saturated carbocycles. The van der Waals surface area contributed by atoms with Crippen LogP contribution in [0.4, 0.5) is 0 Å². The van der Waals surface area contributed by atoms with Gasteiger partial charge in [0.05, 0.1) is 12.1 Å². The topological polar surface area (TPSA) is 92.4 Å². The first-order chi connectivity index (χ1) is 7.58. The minimum Gasteiger partial charge on any atom is -0.481 e. The largest absolute Gasteiger partial charge is 0.481 e. The molecule has 1 atom stereocenters. The van der Waals surface area contributed by atoms with Crippen LogP contribution in [0.15, 0.2) is 16.9 Å². The molecule has 0 aromatic carbocycles. The summed E-state index contributed by atoms with van der Waals surface area (Å²) in [7, 11) is 0. The molecule has 1 aromatic rings. The van der Waals surface area contributed by atoms with Crippen LogP contribution >= 0.6 is 0 Å². The van der Waals surface area contributed by atoms with Crippen molar-refractivity contribution in [2.24, 2.45) is 0 Å². The standard InChI is InChI=1S/C10H14N2O4/c1-7(2-3-10(14)15)11-9(13)6-8-4-5-16-12-8/h4-5,7H,2-3,6H2,1H3,(H,11,13)(H,14,15). The van der Waals surface area contributed by atoms with Gasteiger partial charge in [0.15, 0.2) is 0 Å². The van der Waals surface area contributed by atoms with Crippen LogP contribution in [0.1, 0.15) is 25.5 Å². The monoisotopic (exact) mass is 226 g/mol. The third-order valence-corrected chi connectivity index (χ3v) is 2.03. The molecule has 1 amide bonds. The summed E-state index contributed by atoms with van der Waals surface area (Å²) in [5.41, 5.74) is 0.558. The summed E-state index contributed by atoms with van der Waals surface area (Å²) in [5.74, 6) is -1.05. The van der Waals surface area contributed by atoms with Gasteiger partial charge in [-0.2, -0.15) is 0 Å². The first-order valence-electron chi connectivity index (χ1n) is 4.98. The number of nitrogens with zero attached hydrogens (tertiary/aromatic N) is 1. The lowest BCUT2D eigenvalue weighted by Crippen LogP contribution is -2.34. The number of carboxylic acid groups (broad SMARTS) is 1. The van der Waals surface area contributed by atoms with Gasteiger partial charge in [0, 0.05) is 18.5 Å². The van der Waals surface area contributed by atoms with E-state index in [-0.39, 0.29) is 24.8 Å². The van der Waals surface area contributed by atoms with Crippen LogP contribution in [0.25, 0.3) is 0 Å². The molecule has 88 valence electrons. The average Bonchev–Trinajstić information content (AvgIpc) is 2.67. The molecule has 0 spiro atoms. The summed E-state index contributed by atoms with van der Waals surface area (Å²) in [6, 6.07) is 1.46. The van der Waals surface area contributed by atoms with Crippen molar-refractivity contribution in [1.29, 1.82) is 0 Å². The fraction of sp³-hybridized carbons (Fsp3) is 0.500. The van der Waals surface area contributed by atoms with E-state index in [1.54, 1.807) is 13.0 Å². The van der Waals surface area contributed by atoms with E-state index in [2.05, 4.69) is 15.0 Å². The Morgan fingerprint density at radius 1 is 1.62 bits per heavy atom. The number of amides is 1. The number of rotatable bonds is 6. The van der Waals surface area contributed by atoms with Gasteiger partial charge in [-0.15, -0.1) is 0 Å². The number of aromatic nitrogens is 1. The number of carbonyl (C=O) groups is 2. The molecule has 6 heteroatoms. The lowest BCUT2D eigenvalue weighted by molar-refractivity contribution is -0.137. The third kappa shape index (κ3) is 4.59. The van der Waals surface area contributed by atoms with Gasteiger partial charge in [-0.3, -0.25) is 9.59 Å². The van der Waals surface area contributed by atoms with Crippen molar-refractivity contribution in [1.82, 2.24) is 10.5 Å². The van der Waals surface area contributed by atoms with Crippen molar-refractivity contribution in [3.63, 3.8) is 0 Å². The molecule has 1 rings (SSSR count). The van der Waals surface area contributed by atoms with Crippen molar-refractivity contribution < 1.29 is 19.2 Å². The molecule has 0 bridgehead atoms. The number of aliphatic carboxylic acids is 1. The van der Waals surface area contributed by atoms with Crippen LogP contribution < -0.4 is 5.32 Å². The Labute approximate surface area is 92.6 Å². The highest BCUT2D eigenvalue weighted by Crippen LogP contribution is 1.99. The maximum absolute atomic E-state index is 11.4. The van der Waals surface area contributed by atoms with Crippen molar-refractivity contribution >= 4 is 11.9 Å². The van der Waals surface area contributed by atoms with Crippen molar-refractivity contribution in [2.45, 2.75) is 32.2 Å². The van der Waals surface area contributed by atoms with Gasteiger partial charge in [-0.05, 0) is 13.3 Å². The Kier molecular flexibility index (Phi) is 4.50. The molecule has 1 unspecified atom stereocenters. The first kappa shape index (κ1) is 12.2. The molecule has 1 aromatic heterocycles. The van der Waals surface area contributed by atoms with Crippen LogP contribution in [0.5, 0.6) is 0 Å². The quantitative estimate of drug-likeness (QED) is 0.740. The summed E-state index contributed by atoms with van der Waals surface area (Å²) < 4.78 is 4.59. The van der Waals surface area contributed by atoms with E-state index in [0.717, 1.165) is 0 Å². The van der Waals surface area contributed by atoms with Gasteiger partial charge in [0.25, 0.3) is 0 Å². The highest BCUT2D eigenvalue weighted by molar-refractivity contribution is 5.78. The van der Waals surface area contributed by atoms with E-state index in [1.165, 1.54) is 6.26 Å². The molecule has 0 saturated heterocycles. The summed E-state index contributed by atoms with van der Waals surface area (Å²) in [6.07, 6.45) is 2.01. The van der Waals surface area contributed by atoms with Crippen LogP contribution in [0, 0.1) is 0 Å². The number of hydrogen-bond donors (Lipinski definition) is 2. The Morgan fingerprint density at radius 3 is 2.94 bits per heavy atom. The number of hydrogen-bond acceptors (Lipinski definition) is 4. The molecule has 0 fully saturated rings. The molecular formula is C10H14N2O4. The van der Waals surface area contributed by atoms with Crippen molar-refractivity contribution in [3.8, 4) is 0 Å². The fourth-order valence-corrected chi connectivity index (χ4v) is 1.23. The molecule has 6 nitrogen and oxygen atoms in total. The zero-order chi connectivity index (χ0) is 12.0.